The minimum atomic E-state index is 1.20. The third kappa shape index (κ3) is 6.84. The Bertz CT molecular complexity index is 211. The van der Waals surface area contributed by atoms with E-state index in [1.165, 1.54) is 11.3 Å². The molecular weight excluding hydrogens is 190 g/mol. The second kappa shape index (κ2) is 12.4. The molecule has 1 nitrogen and oxygen atoms in total. The normalized spacial score (nSPS) is 7.57. The fourth-order valence-electron chi connectivity index (χ4n) is 0.797. The van der Waals surface area contributed by atoms with Crippen molar-refractivity contribution in [1.29, 1.82) is 0 Å². The second-order valence-electron chi connectivity index (χ2n) is 2.12. The molecule has 0 fully saturated rings. The molecule has 1 N–H and O–H groups in total. The van der Waals surface area contributed by atoms with Crippen LogP contribution in [0.3, 0.4) is 0 Å². The van der Waals surface area contributed by atoms with Gasteiger partial charge in [0.25, 0.3) is 0 Å². The largest absolute Gasteiger partial charge is 0.330 e. The molecule has 0 spiro atoms. The van der Waals surface area contributed by atoms with Crippen molar-refractivity contribution in [1.82, 2.24) is 0 Å². The monoisotopic (exact) mass is 213 g/mol. The van der Waals surface area contributed by atoms with Crippen LogP contribution >= 0.6 is 11.9 Å². The van der Waals surface area contributed by atoms with Gasteiger partial charge in [-0.2, -0.15) is 0 Å². The van der Waals surface area contributed by atoms with Gasteiger partial charge < -0.3 is 4.72 Å². The van der Waals surface area contributed by atoms with E-state index in [1.54, 1.807) is 11.9 Å². The summed E-state index contributed by atoms with van der Waals surface area (Å²) in [6, 6.07) is 8.25. The van der Waals surface area contributed by atoms with Crippen molar-refractivity contribution in [2.24, 2.45) is 0 Å². The van der Waals surface area contributed by atoms with Gasteiger partial charge in [-0.05, 0) is 18.6 Å². The first-order chi connectivity index (χ1) is 6.84. The van der Waals surface area contributed by atoms with Crippen molar-refractivity contribution in [2.45, 2.75) is 34.6 Å². The van der Waals surface area contributed by atoms with Crippen LogP contribution in [-0.4, -0.2) is 6.26 Å². The number of hydrogen-bond acceptors (Lipinski definition) is 2. The first-order valence-electron chi connectivity index (χ1n) is 5.19. The first-order valence-corrected chi connectivity index (χ1v) is 6.41. The molecule has 0 aromatic heterocycles. The van der Waals surface area contributed by atoms with Crippen LogP contribution in [0.15, 0.2) is 24.3 Å². The van der Waals surface area contributed by atoms with E-state index >= 15 is 0 Å². The van der Waals surface area contributed by atoms with E-state index in [0.29, 0.717) is 0 Å². The maximum atomic E-state index is 3.19. The molecule has 0 aliphatic heterocycles. The summed E-state index contributed by atoms with van der Waals surface area (Å²) >= 11 is 1.62. The molecular formula is C12H23NS. The highest BCUT2D eigenvalue weighted by Crippen LogP contribution is 2.15. The predicted molar refractivity (Wildman–Crippen MR) is 71.0 cm³/mol. The molecule has 0 radical (unpaired) electrons. The van der Waals surface area contributed by atoms with E-state index in [4.69, 9.17) is 0 Å². The lowest BCUT2D eigenvalue weighted by molar-refractivity contribution is 1.47. The molecule has 0 aliphatic rings. The van der Waals surface area contributed by atoms with E-state index in [1.807, 2.05) is 46.1 Å². The number of hydrogen-bond donors (Lipinski definition) is 1. The van der Waals surface area contributed by atoms with E-state index in [-0.39, 0.29) is 0 Å². The van der Waals surface area contributed by atoms with Crippen LogP contribution in [0.25, 0.3) is 0 Å². The Morgan fingerprint density at radius 3 is 1.93 bits per heavy atom. The van der Waals surface area contributed by atoms with E-state index in [2.05, 4.69) is 23.8 Å². The minimum absolute atomic E-state index is 1.20. The number of anilines is 1. The highest BCUT2D eigenvalue weighted by molar-refractivity contribution is 7.99. The highest BCUT2D eigenvalue weighted by atomic mass is 32.2. The number of rotatable bonds is 2. The number of para-hydroxylation sites is 1. The molecule has 0 saturated heterocycles. The summed E-state index contributed by atoms with van der Waals surface area (Å²) < 4.78 is 3.19. The molecule has 0 aliphatic carbocycles. The molecule has 82 valence electrons. The predicted octanol–water partition coefficient (Wildman–Crippen LogP) is 4.74. The summed E-state index contributed by atoms with van der Waals surface area (Å²) in [5.74, 6) is 0. The minimum Gasteiger partial charge on any atom is -0.330 e. The molecule has 1 aromatic carbocycles. The maximum Gasteiger partial charge on any atom is 0.0469 e. The van der Waals surface area contributed by atoms with Crippen molar-refractivity contribution in [3.63, 3.8) is 0 Å². The van der Waals surface area contributed by atoms with Gasteiger partial charge in [0.15, 0.2) is 0 Å². The maximum absolute atomic E-state index is 3.19. The summed E-state index contributed by atoms with van der Waals surface area (Å²) in [6.45, 7) is 10.1. The molecule has 0 amide bonds. The standard InChI is InChI=1S/C8H11NS.2C2H6/c1-7-5-3-4-6-8(7)9-10-2;2*1-2/h3-6,9H,1-2H3;2*1-2H3. The zero-order valence-electron chi connectivity index (χ0n) is 10.2. The van der Waals surface area contributed by atoms with Crippen molar-refractivity contribution < 1.29 is 0 Å². The third-order valence-electron chi connectivity index (χ3n) is 1.36. The van der Waals surface area contributed by atoms with Gasteiger partial charge in [0.05, 0.1) is 0 Å². The van der Waals surface area contributed by atoms with Gasteiger partial charge in [0, 0.05) is 11.9 Å². The Hall–Kier alpha value is -0.630. The van der Waals surface area contributed by atoms with Gasteiger partial charge in [-0.25, -0.2) is 0 Å². The Balaban J connectivity index is 0. The van der Waals surface area contributed by atoms with Crippen LogP contribution in [0, 0.1) is 6.92 Å². The van der Waals surface area contributed by atoms with Crippen molar-refractivity contribution in [2.75, 3.05) is 11.0 Å². The summed E-state index contributed by atoms with van der Waals surface area (Å²) in [6.07, 6.45) is 2.02. The molecule has 1 aromatic rings. The first kappa shape index (κ1) is 15.8. The fraction of sp³-hybridized carbons (Fsp3) is 0.500. The Labute approximate surface area is 93.4 Å². The van der Waals surface area contributed by atoms with Crippen LogP contribution in [0.1, 0.15) is 33.3 Å². The van der Waals surface area contributed by atoms with Gasteiger partial charge >= 0.3 is 0 Å². The van der Waals surface area contributed by atoms with Gasteiger partial charge in [-0.15, -0.1) is 0 Å². The van der Waals surface area contributed by atoms with Crippen LogP contribution < -0.4 is 4.72 Å². The molecule has 0 heterocycles. The summed E-state index contributed by atoms with van der Waals surface area (Å²) in [5, 5.41) is 0. The van der Waals surface area contributed by atoms with Crippen LogP contribution in [0.5, 0.6) is 0 Å². The van der Waals surface area contributed by atoms with Crippen molar-refractivity contribution in [3.8, 4) is 0 Å². The summed E-state index contributed by atoms with van der Waals surface area (Å²) in [4.78, 5) is 0. The van der Waals surface area contributed by atoms with Crippen LogP contribution in [0.4, 0.5) is 5.69 Å². The molecule has 0 atom stereocenters. The van der Waals surface area contributed by atoms with Gasteiger partial charge in [-0.1, -0.05) is 57.8 Å². The Morgan fingerprint density at radius 2 is 1.50 bits per heavy atom. The van der Waals surface area contributed by atoms with Gasteiger partial charge in [0.2, 0.25) is 0 Å². The van der Waals surface area contributed by atoms with Gasteiger partial charge in [-0.3, -0.25) is 0 Å². The SMILES string of the molecule is CC.CC.CSNc1ccccc1C. The third-order valence-corrected chi connectivity index (χ3v) is 1.78. The van der Waals surface area contributed by atoms with Crippen LogP contribution in [0.2, 0.25) is 0 Å². The zero-order valence-corrected chi connectivity index (χ0v) is 11.0. The van der Waals surface area contributed by atoms with Gasteiger partial charge in [0.1, 0.15) is 0 Å². The Kier molecular flexibility index (Phi) is 14.0. The molecule has 14 heavy (non-hydrogen) atoms. The van der Waals surface area contributed by atoms with Crippen molar-refractivity contribution in [3.05, 3.63) is 29.8 Å². The lowest BCUT2D eigenvalue weighted by Gasteiger charge is -2.03. The lowest BCUT2D eigenvalue weighted by atomic mass is 10.2. The second-order valence-corrected chi connectivity index (χ2v) is 2.73. The van der Waals surface area contributed by atoms with Crippen molar-refractivity contribution >= 4 is 17.6 Å². The molecule has 0 unspecified atom stereocenters. The average molecular weight is 213 g/mol. The fourth-order valence-corrected chi connectivity index (χ4v) is 1.25. The van der Waals surface area contributed by atoms with E-state index in [9.17, 15) is 0 Å². The molecule has 2 heteroatoms. The summed E-state index contributed by atoms with van der Waals surface area (Å²) in [7, 11) is 0. The quantitative estimate of drug-likeness (QED) is 0.712. The zero-order chi connectivity index (χ0) is 11.4. The summed E-state index contributed by atoms with van der Waals surface area (Å²) in [5.41, 5.74) is 2.49. The number of benzene rings is 1. The number of nitrogens with one attached hydrogen (secondary N) is 1. The molecule has 0 bridgehead atoms. The van der Waals surface area contributed by atoms with Crippen LogP contribution in [-0.2, 0) is 0 Å². The molecule has 0 saturated carbocycles. The highest BCUT2D eigenvalue weighted by Gasteiger charge is 1.91. The number of aryl methyl sites for hydroxylation is 1. The molecule has 1 rings (SSSR count). The van der Waals surface area contributed by atoms with E-state index in [0.717, 1.165) is 0 Å². The van der Waals surface area contributed by atoms with E-state index < -0.39 is 0 Å². The lowest BCUT2D eigenvalue weighted by Crippen LogP contribution is -1.86. The average Bonchev–Trinajstić information content (AvgIpc) is 2.28. The Morgan fingerprint density at radius 1 is 1.00 bits per heavy atom. The topological polar surface area (TPSA) is 12.0 Å². The smallest absolute Gasteiger partial charge is 0.0469 e.